The van der Waals surface area contributed by atoms with Gasteiger partial charge in [0.15, 0.2) is 0 Å². The van der Waals surface area contributed by atoms with Crippen LogP contribution in [0.3, 0.4) is 0 Å². The number of nitrogens with one attached hydrogen (secondary N) is 1. The van der Waals surface area contributed by atoms with Gasteiger partial charge >= 0.3 is 6.03 Å². The lowest BCUT2D eigenvalue weighted by Crippen LogP contribution is -2.50. The molecule has 154 valence electrons. The molecule has 2 amide bonds. The Bertz CT molecular complexity index is 999. The topological polar surface area (TPSA) is 61.4 Å². The molecule has 0 unspecified atom stereocenters. The zero-order chi connectivity index (χ0) is 20.9. The molecule has 6 heteroatoms. The maximum atomic E-state index is 12.6. The first-order valence-corrected chi connectivity index (χ1v) is 10.3. The first kappa shape index (κ1) is 19.9. The Morgan fingerprint density at radius 3 is 2.20 bits per heavy atom. The fourth-order valence-corrected chi connectivity index (χ4v) is 3.83. The highest BCUT2D eigenvalue weighted by Crippen LogP contribution is 2.25. The molecule has 4 rings (SSSR count). The number of carbonyl (C=O) groups excluding carboxylic acids is 1. The van der Waals surface area contributed by atoms with E-state index >= 15 is 0 Å². The Hall–Kier alpha value is -3.41. The zero-order valence-electron chi connectivity index (χ0n) is 17.5. The third kappa shape index (κ3) is 4.59. The second-order valence-corrected chi connectivity index (χ2v) is 7.59. The summed E-state index contributed by atoms with van der Waals surface area (Å²) >= 11 is 0. The molecule has 30 heavy (non-hydrogen) atoms. The molecule has 6 nitrogen and oxygen atoms in total. The second-order valence-electron chi connectivity index (χ2n) is 7.59. The Morgan fingerprint density at radius 1 is 0.900 bits per heavy atom. The maximum Gasteiger partial charge on any atom is 0.321 e. The van der Waals surface area contributed by atoms with Crippen molar-refractivity contribution in [3.8, 4) is 0 Å². The van der Waals surface area contributed by atoms with Crippen LogP contribution in [0.25, 0.3) is 0 Å². The molecule has 0 aliphatic carbocycles. The van der Waals surface area contributed by atoms with Crippen molar-refractivity contribution < 1.29 is 4.79 Å². The predicted molar refractivity (Wildman–Crippen MR) is 120 cm³/mol. The van der Waals surface area contributed by atoms with Gasteiger partial charge in [0, 0.05) is 49.5 Å². The van der Waals surface area contributed by atoms with Crippen molar-refractivity contribution in [3.63, 3.8) is 0 Å². The van der Waals surface area contributed by atoms with Crippen LogP contribution in [0.15, 0.2) is 60.7 Å². The van der Waals surface area contributed by atoms with E-state index in [1.54, 1.807) is 0 Å². The average Bonchev–Trinajstić information content (AvgIpc) is 2.77. The molecule has 1 fully saturated rings. The van der Waals surface area contributed by atoms with Crippen molar-refractivity contribution in [3.05, 3.63) is 83.3 Å². The number of rotatable bonds is 4. The second kappa shape index (κ2) is 8.95. The van der Waals surface area contributed by atoms with Gasteiger partial charge in [-0.2, -0.15) is 0 Å². The summed E-state index contributed by atoms with van der Waals surface area (Å²) in [5, 5.41) is 2.97. The van der Waals surface area contributed by atoms with Gasteiger partial charge in [-0.3, -0.25) is 0 Å². The van der Waals surface area contributed by atoms with Crippen molar-refractivity contribution in [1.82, 2.24) is 14.9 Å². The number of urea groups is 1. The van der Waals surface area contributed by atoms with Crippen LogP contribution >= 0.6 is 0 Å². The minimum atomic E-state index is -0.0552. The van der Waals surface area contributed by atoms with E-state index in [2.05, 4.69) is 46.4 Å². The highest BCUT2D eigenvalue weighted by molar-refractivity contribution is 5.89. The molecule has 1 N–H and O–H groups in total. The van der Waals surface area contributed by atoms with Crippen LogP contribution in [0.5, 0.6) is 0 Å². The fourth-order valence-electron chi connectivity index (χ4n) is 3.83. The van der Waals surface area contributed by atoms with Gasteiger partial charge in [0.05, 0.1) is 0 Å². The first-order valence-electron chi connectivity index (χ1n) is 10.3. The quantitative estimate of drug-likeness (QED) is 0.717. The number of anilines is 2. The van der Waals surface area contributed by atoms with Gasteiger partial charge in [0.25, 0.3) is 0 Å². The van der Waals surface area contributed by atoms with Gasteiger partial charge < -0.3 is 15.1 Å². The molecule has 1 aliphatic rings. The van der Waals surface area contributed by atoms with Crippen LogP contribution < -0.4 is 10.2 Å². The smallest absolute Gasteiger partial charge is 0.321 e. The summed E-state index contributed by atoms with van der Waals surface area (Å²) in [5.74, 6) is 1.77. The number of aromatic nitrogens is 2. The number of nitrogens with zero attached hydrogens (tertiary/aromatic N) is 4. The van der Waals surface area contributed by atoms with E-state index in [1.165, 1.54) is 5.56 Å². The summed E-state index contributed by atoms with van der Waals surface area (Å²) in [7, 11) is 0. The van der Waals surface area contributed by atoms with E-state index in [-0.39, 0.29) is 6.03 Å². The molecule has 2 heterocycles. The summed E-state index contributed by atoms with van der Waals surface area (Å²) in [5.41, 5.74) is 4.24. The van der Waals surface area contributed by atoms with Crippen LogP contribution in [0.4, 0.5) is 16.3 Å². The molecule has 3 aromatic rings. The van der Waals surface area contributed by atoms with E-state index in [1.807, 2.05) is 48.2 Å². The number of hydrogen-bond donors (Lipinski definition) is 1. The number of para-hydroxylation sites is 1. The van der Waals surface area contributed by atoms with Gasteiger partial charge in [0.2, 0.25) is 0 Å². The van der Waals surface area contributed by atoms with Crippen molar-refractivity contribution in [2.45, 2.75) is 20.3 Å². The first-order chi connectivity index (χ1) is 14.6. The number of hydrogen-bond acceptors (Lipinski definition) is 4. The molecule has 0 radical (unpaired) electrons. The summed E-state index contributed by atoms with van der Waals surface area (Å²) < 4.78 is 0. The highest BCUT2D eigenvalue weighted by Gasteiger charge is 2.24. The Labute approximate surface area is 177 Å². The number of benzene rings is 2. The van der Waals surface area contributed by atoms with E-state index in [9.17, 15) is 4.79 Å². The summed E-state index contributed by atoms with van der Waals surface area (Å²) in [4.78, 5) is 26.1. The fraction of sp³-hybridized carbons (Fsp3) is 0.292. The molecule has 2 aromatic carbocycles. The van der Waals surface area contributed by atoms with Crippen LogP contribution in [-0.4, -0.2) is 47.1 Å². The molecular formula is C24H27N5O. The number of amides is 2. The maximum absolute atomic E-state index is 12.6. The van der Waals surface area contributed by atoms with Gasteiger partial charge in [-0.15, -0.1) is 0 Å². The van der Waals surface area contributed by atoms with Gasteiger partial charge in [-0.05, 0) is 31.5 Å². The lowest BCUT2D eigenvalue weighted by atomic mass is 10.0. The third-order valence-electron chi connectivity index (χ3n) is 5.42. The van der Waals surface area contributed by atoms with Crippen molar-refractivity contribution in [1.29, 1.82) is 0 Å². The number of aryl methyl sites for hydroxylation is 2. The van der Waals surface area contributed by atoms with E-state index < -0.39 is 0 Å². The van der Waals surface area contributed by atoms with E-state index in [0.717, 1.165) is 48.1 Å². The Balaban J connectivity index is 1.47. The predicted octanol–water partition coefficient (Wildman–Crippen LogP) is 4.04. The molecule has 1 saturated heterocycles. The molecule has 0 saturated carbocycles. The lowest BCUT2D eigenvalue weighted by Gasteiger charge is -2.36. The molecule has 1 aromatic heterocycles. The standard InChI is InChI=1S/C24H27N5O/c1-18-22(17-20-9-5-3-6-10-20)23(26-19(2)25-18)28-13-15-29(16-14-28)24(30)27-21-11-7-4-8-12-21/h3-12H,13-17H2,1-2H3,(H,27,30). The lowest BCUT2D eigenvalue weighted by molar-refractivity contribution is 0.208. The minimum absolute atomic E-state index is 0.0552. The molecule has 0 atom stereocenters. The largest absolute Gasteiger partial charge is 0.353 e. The number of piperazine rings is 1. The van der Waals surface area contributed by atoms with Crippen molar-refractivity contribution >= 4 is 17.5 Å². The molecule has 1 aliphatic heterocycles. The molecular weight excluding hydrogens is 374 g/mol. The Kier molecular flexibility index (Phi) is 5.93. The highest BCUT2D eigenvalue weighted by atomic mass is 16.2. The van der Waals surface area contributed by atoms with E-state index in [0.29, 0.717) is 13.1 Å². The average molecular weight is 402 g/mol. The van der Waals surface area contributed by atoms with Crippen LogP contribution in [0, 0.1) is 13.8 Å². The van der Waals surface area contributed by atoms with Gasteiger partial charge in [-0.1, -0.05) is 48.5 Å². The van der Waals surface area contributed by atoms with Crippen LogP contribution in [-0.2, 0) is 6.42 Å². The third-order valence-corrected chi connectivity index (χ3v) is 5.42. The van der Waals surface area contributed by atoms with Crippen molar-refractivity contribution in [2.24, 2.45) is 0 Å². The van der Waals surface area contributed by atoms with Gasteiger partial charge in [-0.25, -0.2) is 14.8 Å². The zero-order valence-corrected chi connectivity index (χ0v) is 17.5. The molecule has 0 bridgehead atoms. The van der Waals surface area contributed by atoms with E-state index in [4.69, 9.17) is 4.98 Å². The normalized spacial score (nSPS) is 13.9. The minimum Gasteiger partial charge on any atom is -0.353 e. The monoisotopic (exact) mass is 401 g/mol. The SMILES string of the molecule is Cc1nc(C)c(Cc2ccccc2)c(N2CCN(C(=O)Nc3ccccc3)CC2)n1. The van der Waals surface area contributed by atoms with Crippen LogP contribution in [0.1, 0.15) is 22.6 Å². The summed E-state index contributed by atoms with van der Waals surface area (Å²) in [6.45, 7) is 6.81. The Morgan fingerprint density at radius 2 is 1.53 bits per heavy atom. The number of carbonyl (C=O) groups is 1. The van der Waals surface area contributed by atoms with Crippen molar-refractivity contribution in [2.75, 3.05) is 36.4 Å². The summed E-state index contributed by atoms with van der Waals surface area (Å²) in [6, 6.07) is 19.9. The summed E-state index contributed by atoms with van der Waals surface area (Å²) in [6.07, 6.45) is 0.803. The van der Waals surface area contributed by atoms with Crippen LogP contribution in [0.2, 0.25) is 0 Å². The molecule has 0 spiro atoms. The van der Waals surface area contributed by atoms with Gasteiger partial charge in [0.1, 0.15) is 11.6 Å².